The smallest absolute Gasteiger partial charge is 0.244 e. The molecule has 2 aromatic rings. The molecule has 2 amide bonds. The van der Waals surface area contributed by atoms with E-state index in [1.54, 1.807) is 19.1 Å². The monoisotopic (exact) mass is 501 g/mol. The zero-order chi connectivity index (χ0) is 26.2. The van der Waals surface area contributed by atoms with E-state index in [2.05, 4.69) is 27.7 Å². The molecule has 1 fully saturated rings. The van der Waals surface area contributed by atoms with Gasteiger partial charge in [0.25, 0.3) is 0 Å². The molecule has 0 radical (unpaired) electrons. The molecule has 0 bridgehead atoms. The molecule has 1 saturated carbocycles. The molecule has 1 aliphatic heterocycles. The van der Waals surface area contributed by atoms with E-state index in [0.717, 1.165) is 80.9 Å². The number of nitrogens with zero attached hydrogens (tertiary/aromatic N) is 1. The van der Waals surface area contributed by atoms with E-state index < -0.39 is 0 Å². The van der Waals surface area contributed by atoms with Gasteiger partial charge in [0.2, 0.25) is 11.8 Å². The van der Waals surface area contributed by atoms with Gasteiger partial charge < -0.3 is 15.5 Å². The summed E-state index contributed by atoms with van der Waals surface area (Å²) in [6.07, 6.45) is 11.1. The van der Waals surface area contributed by atoms with Crippen LogP contribution in [-0.4, -0.2) is 48.2 Å². The van der Waals surface area contributed by atoms with Gasteiger partial charge in [-0.1, -0.05) is 24.3 Å². The van der Waals surface area contributed by atoms with Crippen molar-refractivity contribution in [2.45, 2.75) is 64.8 Å². The lowest BCUT2D eigenvalue weighted by molar-refractivity contribution is -0.117. The van der Waals surface area contributed by atoms with Crippen LogP contribution in [0.5, 0.6) is 0 Å². The van der Waals surface area contributed by atoms with E-state index in [9.17, 15) is 14.4 Å². The summed E-state index contributed by atoms with van der Waals surface area (Å²) in [7, 11) is 0. The summed E-state index contributed by atoms with van der Waals surface area (Å²) < 4.78 is 0. The van der Waals surface area contributed by atoms with Crippen molar-refractivity contribution >= 4 is 29.4 Å². The Bertz CT molecular complexity index is 1130. The molecular weight excluding hydrogens is 462 g/mol. The number of hydrogen-bond acceptors (Lipinski definition) is 4. The fourth-order valence-corrected chi connectivity index (χ4v) is 5.48. The number of anilines is 1. The Morgan fingerprint density at radius 1 is 0.919 bits per heavy atom. The molecule has 1 aliphatic carbocycles. The van der Waals surface area contributed by atoms with Crippen LogP contribution in [0.15, 0.2) is 48.5 Å². The summed E-state index contributed by atoms with van der Waals surface area (Å²) >= 11 is 0. The maximum absolute atomic E-state index is 12.4. The van der Waals surface area contributed by atoms with Crippen LogP contribution in [0.1, 0.15) is 73.0 Å². The maximum atomic E-state index is 12.4. The average molecular weight is 502 g/mol. The number of hydrogen-bond donors (Lipinski definition) is 2. The highest BCUT2D eigenvalue weighted by Gasteiger charge is 2.23. The Hall–Kier alpha value is -3.25. The third-order valence-corrected chi connectivity index (χ3v) is 7.71. The first-order valence-corrected chi connectivity index (χ1v) is 13.6. The topological polar surface area (TPSA) is 78.5 Å². The zero-order valence-electron chi connectivity index (χ0n) is 22.1. The van der Waals surface area contributed by atoms with Gasteiger partial charge in [-0.05, 0) is 105 Å². The zero-order valence-corrected chi connectivity index (χ0v) is 22.1. The van der Waals surface area contributed by atoms with Crippen molar-refractivity contribution in [3.05, 3.63) is 70.8 Å². The van der Waals surface area contributed by atoms with Gasteiger partial charge in [-0.3, -0.25) is 14.4 Å². The summed E-state index contributed by atoms with van der Waals surface area (Å²) in [6, 6.07) is 13.9. The SMILES string of the molecule is CC(=O)Nc1ccc(/C=C/C(=O)NC2CCC(CCN3CCc4ccc(C(C)=O)cc4CC3)CC2)cc1. The van der Waals surface area contributed by atoms with Gasteiger partial charge in [-0.15, -0.1) is 0 Å². The van der Waals surface area contributed by atoms with Crippen LogP contribution in [0.4, 0.5) is 5.69 Å². The highest BCUT2D eigenvalue weighted by Crippen LogP contribution is 2.28. The van der Waals surface area contributed by atoms with E-state index in [1.165, 1.54) is 24.5 Å². The fraction of sp³-hybridized carbons (Fsp3) is 0.452. The van der Waals surface area contributed by atoms with Crippen LogP contribution >= 0.6 is 0 Å². The third-order valence-electron chi connectivity index (χ3n) is 7.71. The van der Waals surface area contributed by atoms with E-state index in [1.807, 2.05) is 30.3 Å². The summed E-state index contributed by atoms with van der Waals surface area (Å²) in [4.78, 5) is 37.8. The fourth-order valence-electron chi connectivity index (χ4n) is 5.48. The van der Waals surface area contributed by atoms with Crippen molar-refractivity contribution in [3.8, 4) is 0 Å². The summed E-state index contributed by atoms with van der Waals surface area (Å²) in [5, 5.41) is 5.90. The average Bonchev–Trinajstić information content (AvgIpc) is 3.09. The largest absolute Gasteiger partial charge is 0.350 e. The molecule has 1 heterocycles. The van der Waals surface area contributed by atoms with Gasteiger partial charge >= 0.3 is 0 Å². The third kappa shape index (κ3) is 8.12. The van der Waals surface area contributed by atoms with Gasteiger partial charge in [-0.25, -0.2) is 0 Å². The van der Waals surface area contributed by atoms with Crippen molar-refractivity contribution in [2.75, 3.05) is 25.0 Å². The van der Waals surface area contributed by atoms with Gasteiger partial charge in [0.05, 0.1) is 0 Å². The Balaban J connectivity index is 1.15. The van der Waals surface area contributed by atoms with Gasteiger partial charge in [0, 0.05) is 43.4 Å². The number of ketones is 1. The quantitative estimate of drug-likeness (QED) is 0.393. The van der Waals surface area contributed by atoms with Crippen molar-refractivity contribution in [1.82, 2.24) is 10.2 Å². The van der Waals surface area contributed by atoms with Crippen LogP contribution in [0.25, 0.3) is 6.08 Å². The molecule has 2 N–H and O–H groups in total. The first-order valence-electron chi connectivity index (χ1n) is 13.6. The molecule has 0 unspecified atom stereocenters. The number of amides is 2. The second-order valence-corrected chi connectivity index (χ2v) is 10.5. The Morgan fingerprint density at radius 3 is 2.30 bits per heavy atom. The van der Waals surface area contributed by atoms with Gasteiger partial charge in [0.1, 0.15) is 0 Å². The highest BCUT2D eigenvalue weighted by molar-refractivity contribution is 5.94. The molecule has 0 spiro atoms. The second-order valence-electron chi connectivity index (χ2n) is 10.5. The van der Waals surface area contributed by atoms with Crippen LogP contribution in [0.3, 0.4) is 0 Å². The minimum Gasteiger partial charge on any atom is -0.350 e. The number of Topliss-reactive ketones (excluding diaryl/α,β-unsaturated/α-hetero) is 1. The molecule has 2 aliphatic rings. The minimum absolute atomic E-state index is 0.0496. The van der Waals surface area contributed by atoms with Crippen LogP contribution in [0.2, 0.25) is 0 Å². The lowest BCUT2D eigenvalue weighted by Gasteiger charge is -2.30. The van der Waals surface area contributed by atoms with Crippen LogP contribution < -0.4 is 10.6 Å². The molecule has 6 heteroatoms. The number of fused-ring (bicyclic) bond motifs is 1. The van der Waals surface area contributed by atoms with E-state index in [-0.39, 0.29) is 23.6 Å². The number of benzene rings is 2. The lowest BCUT2D eigenvalue weighted by Crippen LogP contribution is -2.37. The number of carbonyl (C=O) groups is 3. The normalized spacial score (nSPS) is 20.2. The molecule has 196 valence electrons. The standard InChI is InChI=1S/C31H39N3O3/c1-22(35)27-9-8-26-16-19-34(20-17-28(26)21-27)18-15-25-5-12-30(13-6-25)33-31(37)14-7-24-3-10-29(11-4-24)32-23(2)36/h3-4,7-11,14,21,25,30H,5-6,12-13,15-20H2,1-2H3,(H,32,36)(H,33,37)/b14-7+. The van der Waals surface area contributed by atoms with Crippen molar-refractivity contribution < 1.29 is 14.4 Å². The molecule has 37 heavy (non-hydrogen) atoms. The Kier molecular flexibility index (Phi) is 9.29. The molecule has 0 saturated heterocycles. The summed E-state index contributed by atoms with van der Waals surface area (Å²) in [6.45, 7) is 6.38. The van der Waals surface area contributed by atoms with Crippen LogP contribution in [-0.2, 0) is 22.4 Å². The number of nitrogens with one attached hydrogen (secondary N) is 2. The second kappa shape index (κ2) is 12.8. The Morgan fingerprint density at radius 2 is 1.62 bits per heavy atom. The number of carbonyl (C=O) groups excluding carboxylic acids is 3. The van der Waals surface area contributed by atoms with Crippen LogP contribution in [0, 0.1) is 5.92 Å². The summed E-state index contributed by atoms with van der Waals surface area (Å²) in [5.41, 5.74) is 5.21. The van der Waals surface area contributed by atoms with Crippen molar-refractivity contribution in [3.63, 3.8) is 0 Å². The van der Waals surface area contributed by atoms with Crippen molar-refractivity contribution in [2.24, 2.45) is 5.92 Å². The maximum Gasteiger partial charge on any atom is 0.244 e. The predicted molar refractivity (Wildman–Crippen MR) is 149 cm³/mol. The predicted octanol–water partition coefficient (Wildman–Crippen LogP) is 5.03. The van der Waals surface area contributed by atoms with Gasteiger partial charge in [-0.2, -0.15) is 0 Å². The molecule has 2 aromatic carbocycles. The van der Waals surface area contributed by atoms with E-state index >= 15 is 0 Å². The Labute approximate surface area is 220 Å². The first kappa shape index (κ1) is 26.8. The minimum atomic E-state index is -0.101. The molecule has 0 aromatic heterocycles. The van der Waals surface area contributed by atoms with E-state index in [4.69, 9.17) is 0 Å². The van der Waals surface area contributed by atoms with Gasteiger partial charge in [0.15, 0.2) is 5.78 Å². The lowest BCUT2D eigenvalue weighted by atomic mass is 9.84. The first-order chi connectivity index (χ1) is 17.9. The highest BCUT2D eigenvalue weighted by atomic mass is 16.2. The molecule has 6 nitrogen and oxygen atoms in total. The molecular formula is C31H39N3O3. The van der Waals surface area contributed by atoms with E-state index in [0.29, 0.717) is 0 Å². The number of rotatable bonds is 8. The van der Waals surface area contributed by atoms with Crippen molar-refractivity contribution in [1.29, 1.82) is 0 Å². The molecule has 4 rings (SSSR count). The molecule has 0 atom stereocenters. The summed E-state index contributed by atoms with van der Waals surface area (Å²) in [5.74, 6) is 0.712.